The lowest BCUT2D eigenvalue weighted by Gasteiger charge is -2.11. The minimum Gasteiger partial charge on any atom is -0.383 e. The molecule has 138 valence electrons. The van der Waals surface area contributed by atoms with E-state index < -0.39 is 9.85 Å². The lowest BCUT2D eigenvalue weighted by Crippen LogP contribution is -2.05. The molecule has 2 aromatic carbocycles. The summed E-state index contributed by atoms with van der Waals surface area (Å²) < 4.78 is 1.70. The zero-order chi connectivity index (χ0) is 19.4. The van der Waals surface area contributed by atoms with Crippen LogP contribution in [0.3, 0.4) is 0 Å². The van der Waals surface area contributed by atoms with Gasteiger partial charge in [-0.3, -0.25) is 20.2 Å². The Morgan fingerprint density at radius 2 is 1.70 bits per heavy atom. The van der Waals surface area contributed by atoms with Crippen molar-refractivity contribution in [2.75, 3.05) is 11.9 Å². The third kappa shape index (κ3) is 3.92. The Morgan fingerprint density at radius 1 is 1.04 bits per heavy atom. The second-order valence-electron chi connectivity index (χ2n) is 5.86. The van der Waals surface area contributed by atoms with E-state index in [-0.39, 0.29) is 11.4 Å². The quantitative estimate of drug-likeness (QED) is 0.495. The molecule has 0 aliphatic carbocycles. The molecule has 0 saturated carbocycles. The lowest BCUT2D eigenvalue weighted by molar-refractivity contribution is -0.385. The van der Waals surface area contributed by atoms with Crippen LogP contribution in [0, 0.1) is 20.2 Å². The van der Waals surface area contributed by atoms with Gasteiger partial charge in [0.15, 0.2) is 0 Å². The summed E-state index contributed by atoms with van der Waals surface area (Å²) in [7, 11) is 0. The summed E-state index contributed by atoms with van der Waals surface area (Å²) in [6.07, 6.45) is 4.21. The highest BCUT2D eigenvalue weighted by atomic mass is 16.6. The average molecular weight is 367 g/mol. The molecule has 3 rings (SSSR count). The summed E-state index contributed by atoms with van der Waals surface area (Å²) in [5.74, 6) is 0. The van der Waals surface area contributed by atoms with Crippen molar-refractivity contribution < 1.29 is 9.85 Å². The van der Waals surface area contributed by atoms with E-state index in [2.05, 4.69) is 10.3 Å². The SMILES string of the molecule is CCCNc1ccc([N+](=O)[O-])cc1-n1cnc(-c2ccc([N+](=O)[O-])cc2)c1. The summed E-state index contributed by atoms with van der Waals surface area (Å²) in [6.45, 7) is 2.76. The van der Waals surface area contributed by atoms with E-state index in [1.165, 1.54) is 24.3 Å². The molecule has 0 bridgehead atoms. The highest BCUT2D eigenvalue weighted by Gasteiger charge is 2.14. The molecule has 0 saturated heterocycles. The van der Waals surface area contributed by atoms with Gasteiger partial charge in [0, 0.05) is 42.6 Å². The smallest absolute Gasteiger partial charge is 0.271 e. The first-order valence-electron chi connectivity index (χ1n) is 8.31. The Morgan fingerprint density at radius 3 is 2.33 bits per heavy atom. The van der Waals surface area contributed by atoms with Crippen LogP contribution in [0.4, 0.5) is 17.1 Å². The fourth-order valence-corrected chi connectivity index (χ4v) is 2.61. The van der Waals surface area contributed by atoms with Crippen LogP contribution in [-0.2, 0) is 0 Å². The van der Waals surface area contributed by atoms with Gasteiger partial charge in [-0.1, -0.05) is 6.92 Å². The highest BCUT2D eigenvalue weighted by Crippen LogP contribution is 2.28. The van der Waals surface area contributed by atoms with Crippen molar-refractivity contribution in [3.8, 4) is 16.9 Å². The number of nitro benzene ring substituents is 2. The summed E-state index contributed by atoms with van der Waals surface area (Å²) in [5.41, 5.74) is 2.68. The number of nitrogens with one attached hydrogen (secondary N) is 1. The topological polar surface area (TPSA) is 116 Å². The van der Waals surface area contributed by atoms with E-state index in [0.29, 0.717) is 16.9 Å². The van der Waals surface area contributed by atoms with Crippen LogP contribution < -0.4 is 5.32 Å². The first-order chi connectivity index (χ1) is 13.0. The highest BCUT2D eigenvalue weighted by molar-refractivity contribution is 5.67. The van der Waals surface area contributed by atoms with Crippen molar-refractivity contribution in [3.63, 3.8) is 0 Å². The molecule has 0 aliphatic heterocycles. The molecule has 0 aliphatic rings. The molecule has 0 spiro atoms. The Kier molecular flexibility index (Phi) is 5.11. The molecule has 9 nitrogen and oxygen atoms in total. The minimum absolute atomic E-state index is 0.00270. The molecule has 1 heterocycles. The Balaban J connectivity index is 1.98. The number of hydrogen-bond donors (Lipinski definition) is 1. The molecule has 0 radical (unpaired) electrons. The fourth-order valence-electron chi connectivity index (χ4n) is 2.61. The largest absolute Gasteiger partial charge is 0.383 e. The number of aromatic nitrogens is 2. The number of imidazole rings is 1. The van der Waals surface area contributed by atoms with Crippen LogP contribution in [0.2, 0.25) is 0 Å². The zero-order valence-electron chi connectivity index (χ0n) is 14.5. The van der Waals surface area contributed by atoms with Crippen molar-refractivity contribution in [3.05, 3.63) is 75.2 Å². The minimum atomic E-state index is -0.461. The molecule has 0 amide bonds. The lowest BCUT2D eigenvalue weighted by atomic mass is 10.1. The molecular formula is C18H17N5O4. The van der Waals surface area contributed by atoms with Gasteiger partial charge in [0.25, 0.3) is 11.4 Å². The second-order valence-corrected chi connectivity index (χ2v) is 5.86. The number of hydrogen-bond acceptors (Lipinski definition) is 6. The van der Waals surface area contributed by atoms with Crippen molar-refractivity contribution in [2.24, 2.45) is 0 Å². The Labute approximate surface area is 154 Å². The summed E-state index contributed by atoms with van der Waals surface area (Å²) >= 11 is 0. The molecule has 1 N–H and O–H groups in total. The van der Waals surface area contributed by atoms with E-state index in [1.54, 1.807) is 35.3 Å². The molecule has 27 heavy (non-hydrogen) atoms. The van der Waals surface area contributed by atoms with Crippen LogP contribution in [0.15, 0.2) is 55.0 Å². The fraction of sp³-hybridized carbons (Fsp3) is 0.167. The van der Waals surface area contributed by atoms with E-state index >= 15 is 0 Å². The van der Waals surface area contributed by atoms with E-state index in [4.69, 9.17) is 0 Å². The third-order valence-corrected chi connectivity index (χ3v) is 3.99. The summed E-state index contributed by atoms with van der Waals surface area (Å²) in [5, 5.41) is 25.2. The molecule has 0 atom stereocenters. The number of anilines is 1. The van der Waals surface area contributed by atoms with Crippen LogP contribution in [0.1, 0.15) is 13.3 Å². The number of nitrogens with zero attached hydrogens (tertiary/aromatic N) is 4. The Hall–Kier alpha value is -3.75. The summed E-state index contributed by atoms with van der Waals surface area (Å²) in [4.78, 5) is 25.3. The molecule has 0 unspecified atom stereocenters. The standard InChI is InChI=1S/C18H17N5O4/c1-2-9-19-16-8-7-15(23(26)27)10-18(16)21-11-17(20-12-21)13-3-5-14(6-4-13)22(24)25/h3-8,10-12,19H,2,9H2,1H3. The predicted molar refractivity (Wildman–Crippen MR) is 101 cm³/mol. The van der Waals surface area contributed by atoms with Crippen LogP contribution in [0.5, 0.6) is 0 Å². The van der Waals surface area contributed by atoms with Crippen molar-refractivity contribution in [1.29, 1.82) is 0 Å². The predicted octanol–water partition coefficient (Wildman–Crippen LogP) is 4.18. The second kappa shape index (κ2) is 7.65. The maximum Gasteiger partial charge on any atom is 0.271 e. The maximum atomic E-state index is 11.1. The molecular weight excluding hydrogens is 350 g/mol. The average Bonchev–Trinajstić information content (AvgIpc) is 3.16. The van der Waals surface area contributed by atoms with Crippen LogP contribution >= 0.6 is 0 Å². The molecule has 3 aromatic rings. The van der Waals surface area contributed by atoms with Gasteiger partial charge in [0.1, 0.15) is 0 Å². The van der Waals surface area contributed by atoms with Crippen molar-refractivity contribution in [2.45, 2.75) is 13.3 Å². The van der Waals surface area contributed by atoms with Gasteiger partial charge >= 0.3 is 0 Å². The Bertz CT molecular complexity index is 982. The van der Waals surface area contributed by atoms with Gasteiger partial charge in [-0.2, -0.15) is 0 Å². The van der Waals surface area contributed by atoms with Gasteiger partial charge in [-0.15, -0.1) is 0 Å². The first-order valence-corrected chi connectivity index (χ1v) is 8.31. The van der Waals surface area contributed by atoms with E-state index in [9.17, 15) is 20.2 Å². The number of non-ortho nitro benzene ring substituents is 2. The van der Waals surface area contributed by atoms with E-state index in [0.717, 1.165) is 18.7 Å². The van der Waals surface area contributed by atoms with Gasteiger partial charge in [0.05, 0.1) is 33.2 Å². The zero-order valence-corrected chi connectivity index (χ0v) is 14.5. The van der Waals surface area contributed by atoms with Crippen molar-refractivity contribution in [1.82, 2.24) is 9.55 Å². The van der Waals surface area contributed by atoms with Crippen molar-refractivity contribution >= 4 is 17.1 Å². The monoisotopic (exact) mass is 367 g/mol. The van der Waals surface area contributed by atoms with E-state index in [1.807, 2.05) is 6.92 Å². The molecule has 9 heteroatoms. The van der Waals surface area contributed by atoms with Gasteiger partial charge < -0.3 is 9.88 Å². The summed E-state index contributed by atoms with van der Waals surface area (Å²) in [6, 6.07) is 10.7. The first kappa shape index (κ1) is 18.1. The number of rotatable bonds is 7. The molecule has 0 fully saturated rings. The van der Waals surface area contributed by atoms with Crippen LogP contribution in [0.25, 0.3) is 16.9 Å². The third-order valence-electron chi connectivity index (χ3n) is 3.99. The number of nitro groups is 2. The maximum absolute atomic E-state index is 11.1. The molecule has 1 aromatic heterocycles. The van der Waals surface area contributed by atoms with Crippen LogP contribution in [-0.4, -0.2) is 25.9 Å². The van der Waals surface area contributed by atoms with Gasteiger partial charge in [0.2, 0.25) is 0 Å². The number of benzene rings is 2. The van der Waals surface area contributed by atoms with Gasteiger partial charge in [-0.05, 0) is 24.6 Å². The normalized spacial score (nSPS) is 10.6. The van der Waals surface area contributed by atoms with Gasteiger partial charge in [-0.25, -0.2) is 4.98 Å².